The number of nitro groups is 1. The molecule has 31 heavy (non-hydrogen) atoms. The fourth-order valence-electron chi connectivity index (χ4n) is 2.64. The molecule has 3 rings (SSSR count). The van der Waals surface area contributed by atoms with Crippen LogP contribution in [0.15, 0.2) is 46.0 Å². The van der Waals surface area contributed by atoms with Crippen molar-refractivity contribution in [1.29, 1.82) is 0 Å². The van der Waals surface area contributed by atoms with E-state index in [9.17, 15) is 14.9 Å². The van der Waals surface area contributed by atoms with Crippen molar-refractivity contribution in [3.8, 4) is 28.6 Å². The van der Waals surface area contributed by atoms with Crippen LogP contribution in [-0.2, 0) is 4.74 Å². The number of nitrogens with one attached hydrogen (secondary N) is 1. The van der Waals surface area contributed by atoms with Gasteiger partial charge in [-0.2, -0.15) is 10.2 Å². The second kappa shape index (κ2) is 9.43. The summed E-state index contributed by atoms with van der Waals surface area (Å²) in [5, 5.41) is 19.3. The van der Waals surface area contributed by atoms with E-state index in [0.29, 0.717) is 22.7 Å². The van der Waals surface area contributed by atoms with Gasteiger partial charge in [-0.15, -0.1) is 0 Å². The van der Waals surface area contributed by atoms with E-state index in [2.05, 4.69) is 15.6 Å². The first kappa shape index (κ1) is 21.4. The molecule has 1 N–H and O–H groups in total. The van der Waals surface area contributed by atoms with Gasteiger partial charge in [0.15, 0.2) is 17.3 Å². The molecule has 162 valence electrons. The average Bonchev–Trinajstić information content (AvgIpc) is 3.41. The number of rotatable bonds is 8. The normalized spacial score (nSPS) is 10.8. The lowest BCUT2D eigenvalue weighted by molar-refractivity contribution is -0.401. The third kappa shape index (κ3) is 4.80. The van der Waals surface area contributed by atoms with Gasteiger partial charge in [0.25, 0.3) is 0 Å². The number of nitrogens with zero attached hydrogens (tertiary/aromatic N) is 4. The third-order valence-corrected chi connectivity index (χ3v) is 4.01. The molecular formula is C19H19N5O7. The van der Waals surface area contributed by atoms with E-state index in [1.54, 1.807) is 31.3 Å². The number of aromatic nitrogens is 2. The summed E-state index contributed by atoms with van der Waals surface area (Å²) in [6.07, 6.45) is 2.22. The first-order chi connectivity index (χ1) is 15.0. The Bertz CT molecular complexity index is 1120. The molecule has 0 radical (unpaired) electrons. The van der Waals surface area contributed by atoms with Crippen LogP contribution in [0.3, 0.4) is 0 Å². The molecule has 0 fully saturated rings. The highest BCUT2D eigenvalue weighted by molar-refractivity contribution is 5.88. The fraction of sp³-hybridized carbons (Fsp3) is 0.211. The Kier molecular flexibility index (Phi) is 6.50. The summed E-state index contributed by atoms with van der Waals surface area (Å²) < 4.78 is 22.1. The number of furan rings is 1. The van der Waals surface area contributed by atoms with Crippen LogP contribution in [0.1, 0.15) is 12.5 Å². The molecule has 12 nitrogen and oxygen atoms in total. The molecule has 0 atom stereocenters. The number of carbonyl (C=O) groups excluding carboxylic acids is 1. The molecule has 12 heteroatoms. The number of hydrazone groups is 1. The molecular weight excluding hydrogens is 410 g/mol. The Morgan fingerprint density at radius 2 is 2.06 bits per heavy atom. The Labute approximate surface area is 176 Å². The lowest BCUT2D eigenvalue weighted by Gasteiger charge is -2.09. The van der Waals surface area contributed by atoms with E-state index >= 15 is 0 Å². The van der Waals surface area contributed by atoms with Crippen LogP contribution < -0.4 is 14.9 Å². The number of carbonyl (C=O) groups is 1. The fourth-order valence-corrected chi connectivity index (χ4v) is 2.64. The molecule has 0 spiro atoms. The van der Waals surface area contributed by atoms with Gasteiger partial charge in [0.05, 0.1) is 38.8 Å². The summed E-state index contributed by atoms with van der Waals surface area (Å²) in [6.45, 7) is 1.86. The summed E-state index contributed by atoms with van der Waals surface area (Å²) in [5.41, 5.74) is 3.54. The van der Waals surface area contributed by atoms with Gasteiger partial charge in [0.2, 0.25) is 0 Å². The molecule has 0 bridgehead atoms. The van der Waals surface area contributed by atoms with E-state index in [1.807, 2.05) is 0 Å². The second-order valence-corrected chi connectivity index (χ2v) is 5.90. The van der Waals surface area contributed by atoms with Crippen molar-refractivity contribution in [2.24, 2.45) is 5.10 Å². The lowest BCUT2D eigenvalue weighted by Crippen LogP contribution is -2.18. The molecule has 0 aliphatic carbocycles. The number of hydrogen-bond donors (Lipinski definition) is 1. The number of ether oxygens (including phenoxy) is 3. The van der Waals surface area contributed by atoms with E-state index in [1.165, 1.54) is 37.2 Å². The zero-order valence-electron chi connectivity index (χ0n) is 16.9. The van der Waals surface area contributed by atoms with Crippen LogP contribution in [-0.4, -0.2) is 47.8 Å². The highest BCUT2D eigenvalue weighted by Crippen LogP contribution is 2.31. The van der Waals surface area contributed by atoms with Crippen molar-refractivity contribution in [2.75, 3.05) is 20.8 Å². The van der Waals surface area contributed by atoms with Crippen molar-refractivity contribution in [3.63, 3.8) is 0 Å². The quantitative estimate of drug-likeness (QED) is 0.327. The number of benzene rings is 1. The SMILES string of the molecule is CCOC(=O)N/N=C/c1cn(-c2ccc(OC)c(OC)c2)nc1-c1ccc([N+](=O)[O-])o1. The van der Waals surface area contributed by atoms with Crippen LogP contribution in [0.2, 0.25) is 0 Å². The van der Waals surface area contributed by atoms with Gasteiger partial charge in [-0.3, -0.25) is 10.1 Å². The zero-order valence-corrected chi connectivity index (χ0v) is 16.9. The van der Waals surface area contributed by atoms with Crippen LogP contribution in [0.4, 0.5) is 10.7 Å². The molecule has 2 aromatic heterocycles. The predicted molar refractivity (Wildman–Crippen MR) is 109 cm³/mol. The van der Waals surface area contributed by atoms with Crippen LogP contribution in [0.5, 0.6) is 11.5 Å². The first-order valence-electron chi connectivity index (χ1n) is 8.99. The maximum absolute atomic E-state index is 11.4. The molecule has 0 aliphatic heterocycles. The minimum absolute atomic E-state index is 0.156. The van der Waals surface area contributed by atoms with Crippen molar-refractivity contribution >= 4 is 18.2 Å². The number of methoxy groups -OCH3 is 2. The van der Waals surface area contributed by atoms with E-state index in [-0.39, 0.29) is 18.1 Å². The Hall–Kier alpha value is -4.35. The van der Waals surface area contributed by atoms with Crippen LogP contribution in [0, 0.1) is 10.1 Å². The van der Waals surface area contributed by atoms with Gasteiger partial charge in [-0.05, 0) is 25.1 Å². The molecule has 0 unspecified atom stereocenters. The van der Waals surface area contributed by atoms with Gasteiger partial charge in [0, 0.05) is 17.8 Å². The molecule has 0 saturated heterocycles. The number of hydrogen-bond acceptors (Lipinski definition) is 9. The molecule has 0 saturated carbocycles. The summed E-state index contributed by atoms with van der Waals surface area (Å²) in [4.78, 5) is 21.8. The minimum Gasteiger partial charge on any atom is -0.493 e. The maximum atomic E-state index is 11.4. The van der Waals surface area contributed by atoms with Gasteiger partial charge >= 0.3 is 12.0 Å². The lowest BCUT2D eigenvalue weighted by atomic mass is 10.2. The molecule has 1 amide bonds. The summed E-state index contributed by atoms with van der Waals surface area (Å²) >= 11 is 0. The smallest absolute Gasteiger partial charge is 0.433 e. The Balaban J connectivity index is 2.01. The van der Waals surface area contributed by atoms with E-state index < -0.39 is 16.9 Å². The summed E-state index contributed by atoms with van der Waals surface area (Å²) in [5.74, 6) is 0.761. The second-order valence-electron chi connectivity index (χ2n) is 5.90. The molecule has 1 aromatic carbocycles. The van der Waals surface area contributed by atoms with Gasteiger partial charge in [-0.1, -0.05) is 0 Å². The molecule has 3 aromatic rings. The van der Waals surface area contributed by atoms with Gasteiger partial charge in [0.1, 0.15) is 10.6 Å². The van der Waals surface area contributed by atoms with Crippen molar-refractivity contribution in [3.05, 3.63) is 52.2 Å². The standard InChI is InChI=1S/C19H19N5O7/c1-4-30-19(25)21-20-10-12-11-23(13-5-6-14(28-2)16(9-13)29-3)22-18(12)15-7-8-17(31-15)24(26)27/h5-11H,4H2,1-3H3,(H,21,25)/b20-10+. The van der Waals surface area contributed by atoms with E-state index in [0.717, 1.165) is 0 Å². The monoisotopic (exact) mass is 429 g/mol. The van der Waals surface area contributed by atoms with Gasteiger partial charge in [-0.25, -0.2) is 14.9 Å². The highest BCUT2D eigenvalue weighted by atomic mass is 16.6. The van der Waals surface area contributed by atoms with Crippen molar-refractivity contribution in [2.45, 2.75) is 6.92 Å². The maximum Gasteiger partial charge on any atom is 0.433 e. The highest BCUT2D eigenvalue weighted by Gasteiger charge is 2.19. The topological polar surface area (TPSA) is 143 Å². The van der Waals surface area contributed by atoms with Crippen LogP contribution >= 0.6 is 0 Å². The largest absolute Gasteiger partial charge is 0.493 e. The summed E-state index contributed by atoms with van der Waals surface area (Å²) in [7, 11) is 3.04. The van der Waals surface area contributed by atoms with Crippen LogP contribution in [0.25, 0.3) is 17.1 Å². The predicted octanol–water partition coefficient (Wildman–Crippen LogP) is 3.14. The molecule has 2 heterocycles. The van der Waals surface area contributed by atoms with Crippen molar-refractivity contribution < 1.29 is 28.3 Å². The third-order valence-electron chi connectivity index (χ3n) is 4.01. The first-order valence-corrected chi connectivity index (χ1v) is 8.99. The van der Waals surface area contributed by atoms with Gasteiger partial charge < -0.3 is 18.6 Å². The average molecular weight is 429 g/mol. The molecule has 0 aliphatic rings. The van der Waals surface area contributed by atoms with E-state index in [4.69, 9.17) is 18.6 Å². The number of amides is 1. The Morgan fingerprint density at radius 1 is 1.29 bits per heavy atom. The van der Waals surface area contributed by atoms with Crippen molar-refractivity contribution in [1.82, 2.24) is 15.2 Å². The Morgan fingerprint density at radius 3 is 2.71 bits per heavy atom. The zero-order chi connectivity index (χ0) is 22.4. The minimum atomic E-state index is -0.721. The summed E-state index contributed by atoms with van der Waals surface area (Å²) in [6, 6.07) is 7.82.